The summed E-state index contributed by atoms with van der Waals surface area (Å²) in [4.78, 5) is 6.57. The normalized spacial score (nSPS) is 12.9. The highest BCUT2D eigenvalue weighted by Crippen LogP contribution is 2.29. The van der Waals surface area contributed by atoms with Crippen molar-refractivity contribution < 1.29 is 4.39 Å². The van der Waals surface area contributed by atoms with Crippen molar-refractivity contribution in [1.29, 1.82) is 0 Å². The lowest BCUT2D eigenvalue weighted by atomic mass is 10.1. The smallest absolute Gasteiger partial charge is 0.123 e. The predicted molar refractivity (Wildman–Crippen MR) is 71.9 cm³/mol. The highest BCUT2D eigenvalue weighted by Gasteiger charge is 2.19. The van der Waals surface area contributed by atoms with Crippen LogP contribution >= 0.6 is 11.3 Å². The van der Waals surface area contributed by atoms with Crippen LogP contribution in [0.15, 0.2) is 29.6 Å². The van der Waals surface area contributed by atoms with E-state index >= 15 is 0 Å². The Labute approximate surface area is 110 Å². The molecule has 0 amide bonds. The van der Waals surface area contributed by atoms with Crippen LogP contribution in [-0.4, -0.2) is 24.0 Å². The van der Waals surface area contributed by atoms with Gasteiger partial charge in [-0.3, -0.25) is 4.90 Å². The van der Waals surface area contributed by atoms with Crippen molar-refractivity contribution in [1.82, 2.24) is 9.88 Å². The van der Waals surface area contributed by atoms with Crippen LogP contribution in [-0.2, 0) is 6.54 Å². The number of rotatable bonds is 4. The molecule has 2 rings (SSSR count). The Bertz CT molecular complexity index is 507. The van der Waals surface area contributed by atoms with Crippen molar-refractivity contribution in [3.63, 3.8) is 0 Å². The topological polar surface area (TPSA) is 42.2 Å². The molecule has 0 saturated carbocycles. The number of benzene rings is 1. The summed E-state index contributed by atoms with van der Waals surface area (Å²) in [5.41, 5.74) is 7.50. The van der Waals surface area contributed by atoms with Crippen LogP contribution in [0.25, 0.3) is 0 Å². The first-order valence-electron chi connectivity index (χ1n) is 5.68. The number of nitrogens with two attached hydrogens (primary N) is 1. The van der Waals surface area contributed by atoms with Crippen molar-refractivity contribution in [2.24, 2.45) is 5.73 Å². The number of halogens is 1. The first-order chi connectivity index (χ1) is 8.61. The second-order valence-electron chi connectivity index (χ2n) is 4.30. The molecule has 2 aromatic rings. The molecule has 5 heteroatoms. The van der Waals surface area contributed by atoms with Crippen molar-refractivity contribution in [2.75, 3.05) is 14.1 Å². The highest BCUT2D eigenvalue weighted by molar-refractivity contribution is 7.09. The van der Waals surface area contributed by atoms with Crippen LogP contribution in [0, 0.1) is 5.82 Å². The van der Waals surface area contributed by atoms with E-state index in [0.29, 0.717) is 6.54 Å². The van der Waals surface area contributed by atoms with Crippen molar-refractivity contribution in [3.8, 4) is 0 Å². The Morgan fingerprint density at radius 3 is 2.50 bits per heavy atom. The maximum atomic E-state index is 13.0. The van der Waals surface area contributed by atoms with Gasteiger partial charge in [-0.25, -0.2) is 9.37 Å². The molecule has 0 aliphatic heterocycles. The van der Waals surface area contributed by atoms with Crippen LogP contribution in [0.3, 0.4) is 0 Å². The molecule has 1 atom stereocenters. The number of nitrogens with zero attached hydrogens (tertiary/aromatic N) is 2. The van der Waals surface area contributed by atoms with Gasteiger partial charge in [-0.1, -0.05) is 12.1 Å². The zero-order valence-corrected chi connectivity index (χ0v) is 11.2. The first kappa shape index (κ1) is 13.1. The zero-order chi connectivity index (χ0) is 13.1. The molecular weight excluding hydrogens is 249 g/mol. The van der Waals surface area contributed by atoms with Crippen LogP contribution in [0.1, 0.15) is 22.3 Å². The Hall–Kier alpha value is -1.30. The van der Waals surface area contributed by atoms with Gasteiger partial charge >= 0.3 is 0 Å². The predicted octanol–water partition coefficient (Wildman–Crippen LogP) is 2.39. The number of hydrogen-bond donors (Lipinski definition) is 1. The molecule has 0 aliphatic carbocycles. The summed E-state index contributed by atoms with van der Waals surface area (Å²) in [5.74, 6) is -0.224. The van der Waals surface area contributed by atoms with E-state index in [4.69, 9.17) is 5.73 Å². The molecule has 1 aromatic heterocycles. The number of hydrogen-bond acceptors (Lipinski definition) is 4. The lowest BCUT2D eigenvalue weighted by Gasteiger charge is -2.22. The second-order valence-corrected chi connectivity index (χ2v) is 5.19. The lowest BCUT2D eigenvalue weighted by Crippen LogP contribution is -2.21. The lowest BCUT2D eigenvalue weighted by molar-refractivity contribution is 0.341. The SMILES string of the molecule is CN(C)C(c1ccc(F)cc1)c1nc(CN)cs1. The molecule has 0 bridgehead atoms. The minimum absolute atomic E-state index is 0.0379. The summed E-state index contributed by atoms with van der Waals surface area (Å²) in [6.45, 7) is 0.445. The van der Waals surface area contributed by atoms with Gasteiger partial charge in [-0.15, -0.1) is 11.3 Å². The molecule has 0 saturated heterocycles. The molecule has 1 heterocycles. The Balaban J connectivity index is 2.36. The summed E-state index contributed by atoms with van der Waals surface area (Å²) in [5, 5.41) is 2.95. The van der Waals surface area contributed by atoms with Gasteiger partial charge in [0.2, 0.25) is 0 Å². The van der Waals surface area contributed by atoms with Crippen LogP contribution < -0.4 is 5.73 Å². The average Bonchev–Trinajstić information content (AvgIpc) is 2.80. The van der Waals surface area contributed by atoms with E-state index < -0.39 is 0 Å². The fraction of sp³-hybridized carbons (Fsp3) is 0.308. The van der Waals surface area contributed by atoms with Crippen molar-refractivity contribution in [3.05, 3.63) is 51.7 Å². The van der Waals surface area contributed by atoms with Gasteiger partial charge in [-0.05, 0) is 31.8 Å². The van der Waals surface area contributed by atoms with Gasteiger partial charge in [0.1, 0.15) is 10.8 Å². The monoisotopic (exact) mass is 265 g/mol. The van der Waals surface area contributed by atoms with Gasteiger partial charge in [-0.2, -0.15) is 0 Å². The van der Waals surface area contributed by atoms with E-state index in [1.165, 1.54) is 12.1 Å². The molecule has 18 heavy (non-hydrogen) atoms. The molecule has 96 valence electrons. The molecule has 0 fully saturated rings. The maximum absolute atomic E-state index is 13.0. The molecule has 0 radical (unpaired) electrons. The molecule has 1 aromatic carbocycles. The van der Waals surface area contributed by atoms with Crippen molar-refractivity contribution >= 4 is 11.3 Å². The average molecular weight is 265 g/mol. The zero-order valence-electron chi connectivity index (χ0n) is 10.4. The minimum atomic E-state index is -0.224. The Morgan fingerprint density at radius 2 is 2.00 bits per heavy atom. The van der Waals surface area contributed by atoms with Gasteiger partial charge < -0.3 is 5.73 Å². The van der Waals surface area contributed by atoms with E-state index in [2.05, 4.69) is 9.88 Å². The minimum Gasteiger partial charge on any atom is -0.325 e. The summed E-state index contributed by atoms with van der Waals surface area (Å²) >= 11 is 1.58. The third-order valence-electron chi connectivity index (χ3n) is 2.71. The largest absolute Gasteiger partial charge is 0.325 e. The summed E-state index contributed by atoms with van der Waals surface area (Å²) in [6, 6.07) is 6.58. The molecule has 1 unspecified atom stereocenters. The molecule has 2 N–H and O–H groups in total. The molecule has 3 nitrogen and oxygen atoms in total. The van der Waals surface area contributed by atoms with Gasteiger partial charge in [0.25, 0.3) is 0 Å². The highest BCUT2D eigenvalue weighted by atomic mass is 32.1. The van der Waals surface area contributed by atoms with Gasteiger partial charge in [0.15, 0.2) is 0 Å². The molecule has 0 spiro atoms. The summed E-state index contributed by atoms with van der Waals surface area (Å²) < 4.78 is 13.0. The van der Waals surface area contributed by atoms with Crippen LogP contribution in [0.4, 0.5) is 4.39 Å². The van der Waals surface area contributed by atoms with E-state index in [9.17, 15) is 4.39 Å². The second kappa shape index (κ2) is 5.56. The summed E-state index contributed by atoms with van der Waals surface area (Å²) in [7, 11) is 3.97. The third-order valence-corrected chi connectivity index (χ3v) is 3.66. The van der Waals surface area contributed by atoms with Crippen LogP contribution in [0.2, 0.25) is 0 Å². The molecule has 0 aliphatic rings. The van der Waals surface area contributed by atoms with E-state index in [0.717, 1.165) is 16.3 Å². The number of aromatic nitrogens is 1. The molecular formula is C13H16FN3S. The fourth-order valence-corrected chi connectivity index (χ4v) is 2.90. The van der Waals surface area contributed by atoms with Crippen LogP contribution in [0.5, 0.6) is 0 Å². The number of thiazole rings is 1. The van der Waals surface area contributed by atoms with Gasteiger partial charge in [0, 0.05) is 11.9 Å². The van der Waals surface area contributed by atoms with E-state index in [1.54, 1.807) is 23.5 Å². The summed E-state index contributed by atoms with van der Waals surface area (Å²) in [6.07, 6.45) is 0. The van der Waals surface area contributed by atoms with E-state index in [1.807, 2.05) is 19.5 Å². The Kier molecular flexibility index (Phi) is 4.06. The quantitative estimate of drug-likeness (QED) is 0.923. The Morgan fingerprint density at radius 1 is 1.33 bits per heavy atom. The fourth-order valence-electron chi connectivity index (χ4n) is 1.85. The third kappa shape index (κ3) is 2.75. The maximum Gasteiger partial charge on any atom is 0.123 e. The van der Waals surface area contributed by atoms with Crippen molar-refractivity contribution in [2.45, 2.75) is 12.6 Å². The first-order valence-corrected chi connectivity index (χ1v) is 6.56. The van der Waals surface area contributed by atoms with Gasteiger partial charge in [0.05, 0.1) is 11.7 Å². The van der Waals surface area contributed by atoms with E-state index in [-0.39, 0.29) is 11.9 Å². The standard InChI is InChI=1S/C13H16FN3S/c1-17(2)12(9-3-5-10(14)6-4-9)13-16-11(7-15)8-18-13/h3-6,8,12H,7,15H2,1-2H3.